The maximum atomic E-state index is 4.05. The Morgan fingerprint density at radius 3 is 2.88 bits per heavy atom. The standard InChI is InChI=1S/C7H11N/c1-6-3-7(2)5-8-4-6/h4-6H,3H2,1-2H3/t6-/m0/s1. The summed E-state index contributed by atoms with van der Waals surface area (Å²) in [4.78, 5) is 4.05. The second-order valence-electron chi connectivity index (χ2n) is 2.46. The quantitative estimate of drug-likeness (QED) is 0.451. The summed E-state index contributed by atoms with van der Waals surface area (Å²) in [7, 11) is 0. The van der Waals surface area contributed by atoms with Gasteiger partial charge in [-0.25, -0.2) is 0 Å². The van der Waals surface area contributed by atoms with Crippen molar-refractivity contribution in [1.29, 1.82) is 0 Å². The van der Waals surface area contributed by atoms with Gasteiger partial charge in [0.05, 0.1) is 0 Å². The Bertz CT molecular complexity index is 133. The predicted octanol–water partition coefficient (Wildman–Crippen LogP) is 2.00. The van der Waals surface area contributed by atoms with Crippen molar-refractivity contribution in [3.05, 3.63) is 11.8 Å². The minimum absolute atomic E-state index is 0.653. The van der Waals surface area contributed by atoms with Gasteiger partial charge in [0.1, 0.15) is 0 Å². The number of rotatable bonds is 0. The van der Waals surface area contributed by atoms with E-state index in [1.165, 1.54) is 12.0 Å². The number of hydrogen-bond donors (Lipinski definition) is 0. The Morgan fingerprint density at radius 1 is 1.75 bits per heavy atom. The third-order valence-electron chi connectivity index (χ3n) is 1.28. The molecule has 0 saturated carbocycles. The van der Waals surface area contributed by atoms with Crippen molar-refractivity contribution in [2.75, 3.05) is 0 Å². The summed E-state index contributed by atoms with van der Waals surface area (Å²) in [5.41, 5.74) is 1.39. The Hall–Kier alpha value is -0.590. The van der Waals surface area contributed by atoms with E-state index >= 15 is 0 Å². The topological polar surface area (TPSA) is 12.4 Å². The molecular formula is C7H11N. The van der Waals surface area contributed by atoms with Gasteiger partial charge in [-0.1, -0.05) is 12.5 Å². The SMILES string of the molecule is CC1=CN=C[C@@H](C)C1. The van der Waals surface area contributed by atoms with E-state index in [1.54, 1.807) is 0 Å². The molecule has 0 N–H and O–H groups in total. The van der Waals surface area contributed by atoms with E-state index in [1.807, 2.05) is 12.4 Å². The fourth-order valence-corrected chi connectivity index (χ4v) is 0.930. The first kappa shape index (κ1) is 5.54. The fraction of sp³-hybridized carbons (Fsp3) is 0.571. The molecule has 1 heteroatoms. The summed E-state index contributed by atoms with van der Waals surface area (Å²) in [6.07, 6.45) is 5.11. The van der Waals surface area contributed by atoms with Crippen LogP contribution in [-0.4, -0.2) is 6.21 Å². The average Bonchev–Trinajstić information content (AvgIpc) is 1.64. The first-order chi connectivity index (χ1) is 3.79. The lowest BCUT2D eigenvalue weighted by molar-refractivity contribution is 0.759. The molecule has 0 unspecified atom stereocenters. The van der Waals surface area contributed by atoms with Crippen molar-refractivity contribution < 1.29 is 0 Å². The van der Waals surface area contributed by atoms with Crippen LogP contribution in [0.25, 0.3) is 0 Å². The summed E-state index contributed by atoms with van der Waals surface area (Å²) < 4.78 is 0. The van der Waals surface area contributed by atoms with Crippen molar-refractivity contribution in [2.45, 2.75) is 20.3 Å². The molecule has 1 aliphatic rings. The van der Waals surface area contributed by atoms with E-state index in [-0.39, 0.29) is 0 Å². The van der Waals surface area contributed by atoms with E-state index in [9.17, 15) is 0 Å². The molecule has 1 heterocycles. The van der Waals surface area contributed by atoms with Gasteiger partial charge in [0.25, 0.3) is 0 Å². The normalized spacial score (nSPS) is 27.8. The van der Waals surface area contributed by atoms with Gasteiger partial charge in [-0.3, -0.25) is 4.99 Å². The van der Waals surface area contributed by atoms with Gasteiger partial charge in [-0.05, 0) is 19.3 Å². The number of nitrogens with zero attached hydrogens (tertiary/aromatic N) is 1. The van der Waals surface area contributed by atoms with Gasteiger partial charge in [0, 0.05) is 12.4 Å². The molecular weight excluding hydrogens is 98.1 g/mol. The zero-order valence-corrected chi connectivity index (χ0v) is 5.39. The molecule has 0 saturated heterocycles. The molecule has 8 heavy (non-hydrogen) atoms. The molecule has 0 aromatic rings. The zero-order valence-electron chi connectivity index (χ0n) is 5.39. The minimum Gasteiger partial charge on any atom is -0.269 e. The third kappa shape index (κ3) is 1.19. The lowest BCUT2D eigenvalue weighted by atomic mass is 10.0. The van der Waals surface area contributed by atoms with Gasteiger partial charge < -0.3 is 0 Å². The molecule has 0 aromatic carbocycles. The van der Waals surface area contributed by atoms with Crippen LogP contribution in [0.1, 0.15) is 20.3 Å². The van der Waals surface area contributed by atoms with E-state index in [0.29, 0.717) is 5.92 Å². The number of aliphatic imine (C=N–C) groups is 1. The van der Waals surface area contributed by atoms with Crippen molar-refractivity contribution in [2.24, 2.45) is 10.9 Å². The van der Waals surface area contributed by atoms with Crippen LogP contribution in [0.4, 0.5) is 0 Å². The summed E-state index contributed by atoms with van der Waals surface area (Å²) in [6, 6.07) is 0. The largest absolute Gasteiger partial charge is 0.269 e. The highest BCUT2D eigenvalue weighted by Crippen LogP contribution is 2.12. The van der Waals surface area contributed by atoms with Gasteiger partial charge in [0.2, 0.25) is 0 Å². The van der Waals surface area contributed by atoms with Gasteiger partial charge in [0.15, 0.2) is 0 Å². The second-order valence-corrected chi connectivity index (χ2v) is 2.46. The van der Waals surface area contributed by atoms with Crippen molar-refractivity contribution >= 4 is 6.21 Å². The Morgan fingerprint density at radius 2 is 2.50 bits per heavy atom. The smallest absolute Gasteiger partial charge is 0.0253 e. The Kier molecular flexibility index (Phi) is 1.47. The summed E-state index contributed by atoms with van der Waals surface area (Å²) in [5, 5.41) is 0. The summed E-state index contributed by atoms with van der Waals surface area (Å²) >= 11 is 0. The average molecular weight is 109 g/mol. The molecule has 1 rings (SSSR count). The van der Waals surface area contributed by atoms with Crippen LogP contribution >= 0.6 is 0 Å². The molecule has 44 valence electrons. The van der Waals surface area contributed by atoms with Gasteiger partial charge in [-0.15, -0.1) is 0 Å². The van der Waals surface area contributed by atoms with Crippen LogP contribution in [-0.2, 0) is 0 Å². The summed E-state index contributed by atoms with van der Waals surface area (Å²) in [5.74, 6) is 0.653. The first-order valence-corrected chi connectivity index (χ1v) is 2.98. The van der Waals surface area contributed by atoms with E-state index < -0.39 is 0 Å². The zero-order chi connectivity index (χ0) is 5.98. The lowest BCUT2D eigenvalue weighted by Crippen LogP contribution is -1.99. The summed E-state index contributed by atoms with van der Waals surface area (Å²) in [6.45, 7) is 4.30. The molecule has 0 fully saturated rings. The molecule has 1 aliphatic heterocycles. The van der Waals surface area contributed by atoms with Crippen LogP contribution in [0.15, 0.2) is 16.8 Å². The van der Waals surface area contributed by atoms with Crippen molar-refractivity contribution in [3.63, 3.8) is 0 Å². The monoisotopic (exact) mass is 109 g/mol. The Balaban J connectivity index is 2.59. The third-order valence-corrected chi connectivity index (χ3v) is 1.28. The fourth-order valence-electron chi connectivity index (χ4n) is 0.930. The second kappa shape index (κ2) is 2.12. The lowest BCUT2D eigenvalue weighted by Gasteiger charge is -2.07. The molecule has 0 spiro atoms. The number of allylic oxidation sites excluding steroid dienone is 1. The van der Waals surface area contributed by atoms with Crippen molar-refractivity contribution in [3.8, 4) is 0 Å². The van der Waals surface area contributed by atoms with E-state index in [2.05, 4.69) is 18.8 Å². The maximum absolute atomic E-state index is 4.05. The highest BCUT2D eigenvalue weighted by molar-refractivity contribution is 5.62. The maximum Gasteiger partial charge on any atom is 0.0253 e. The Labute approximate surface area is 50.1 Å². The molecule has 0 bridgehead atoms. The number of hydrogen-bond acceptors (Lipinski definition) is 1. The van der Waals surface area contributed by atoms with Gasteiger partial charge in [-0.2, -0.15) is 0 Å². The molecule has 0 radical (unpaired) electrons. The molecule has 0 aliphatic carbocycles. The first-order valence-electron chi connectivity index (χ1n) is 2.98. The predicted molar refractivity (Wildman–Crippen MR) is 36.0 cm³/mol. The molecule has 0 amide bonds. The van der Waals surface area contributed by atoms with Crippen LogP contribution < -0.4 is 0 Å². The van der Waals surface area contributed by atoms with Crippen LogP contribution in [0, 0.1) is 5.92 Å². The van der Waals surface area contributed by atoms with E-state index in [0.717, 1.165) is 0 Å². The van der Waals surface area contributed by atoms with Crippen LogP contribution in [0.5, 0.6) is 0 Å². The van der Waals surface area contributed by atoms with E-state index in [4.69, 9.17) is 0 Å². The molecule has 0 aromatic heterocycles. The molecule has 1 nitrogen and oxygen atoms in total. The highest BCUT2D eigenvalue weighted by atomic mass is 14.7. The molecule has 1 atom stereocenters. The van der Waals surface area contributed by atoms with Crippen LogP contribution in [0.2, 0.25) is 0 Å². The highest BCUT2D eigenvalue weighted by Gasteiger charge is 2.01. The van der Waals surface area contributed by atoms with Crippen molar-refractivity contribution in [1.82, 2.24) is 0 Å². The van der Waals surface area contributed by atoms with Gasteiger partial charge >= 0.3 is 0 Å². The minimum atomic E-state index is 0.653. The van der Waals surface area contributed by atoms with Crippen LogP contribution in [0.3, 0.4) is 0 Å².